The molecule has 0 aliphatic carbocycles. The number of halogens is 2. The monoisotopic (exact) mass is 562 g/mol. The largest absolute Gasteiger partial charge is 0.495 e. The number of anilines is 2. The third-order valence-electron chi connectivity index (χ3n) is 5.92. The number of carbonyl (C=O) groups excluding carboxylic acids is 2. The van der Waals surface area contributed by atoms with Crippen LogP contribution in [0, 0.1) is 17.1 Å². The number of amides is 2. The maximum absolute atomic E-state index is 13.7. The molecule has 1 aliphatic heterocycles. The second-order valence-corrected chi connectivity index (χ2v) is 9.87. The van der Waals surface area contributed by atoms with E-state index in [0.717, 1.165) is 11.8 Å². The molecule has 39 heavy (non-hydrogen) atoms. The Hall–Kier alpha value is -4.26. The van der Waals surface area contributed by atoms with Gasteiger partial charge in [0.25, 0.3) is 5.91 Å². The lowest BCUT2D eigenvalue weighted by Crippen LogP contribution is -2.31. The Morgan fingerprint density at radius 1 is 1.10 bits per heavy atom. The number of allylic oxidation sites excluding steroid dienone is 2. The van der Waals surface area contributed by atoms with E-state index in [2.05, 4.69) is 22.0 Å². The van der Waals surface area contributed by atoms with Crippen molar-refractivity contribution in [2.75, 3.05) is 23.5 Å². The average molecular weight is 563 g/mol. The van der Waals surface area contributed by atoms with Crippen molar-refractivity contribution in [2.24, 2.45) is 0 Å². The summed E-state index contributed by atoms with van der Waals surface area (Å²) in [7, 11) is 1.51. The van der Waals surface area contributed by atoms with Crippen LogP contribution < -0.4 is 20.7 Å². The normalized spacial score (nSPS) is 14.8. The fourth-order valence-electron chi connectivity index (χ4n) is 4.19. The summed E-state index contributed by atoms with van der Waals surface area (Å²) < 4.78 is 18.9. The minimum Gasteiger partial charge on any atom is -0.495 e. The molecule has 0 saturated carbocycles. The maximum Gasteiger partial charge on any atom is 0.254 e. The van der Waals surface area contributed by atoms with Gasteiger partial charge in [-0.15, -0.1) is 0 Å². The Balaban J connectivity index is 1.66. The molecule has 0 radical (unpaired) electrons. The summed E-state index contributed by atoms with van der Waals surface area (Å²) in [5, 5.41) is 19.7. The standard InChI is InChI=1S/C29H24ClFN4O3S/c1-17-26(28(37)35-23-12-5-6-13-24(23)38-2)27(20-10-3-4-11-22(20)30)21(15-32)29(33-17)39-16-25(36)34-19-9-7-8-18(31)14-19/h3-14,27,33H,16H2,1-2H3,(H,34,36)(H,35,37)/t27-/m1/s1. The number of para-hydroxylation sites is 2. The number of hydrogen-bond acceptors (Lipinski definition) is 6. The van der Waals surface area contributed by atoms with Crippen molar-refractivity contribution < 1.29 is 18.7 Å². The lowest BCUT2D eigenvalue weighted by molar-refractivity contribution is -0.114. The number of thioether (sulfide) groups is 1. The molecule has 1 heterocycles. The molecule has 4 rings (SSSR count). The minimum absolute atomic E-state index is 0.0602. The Morgan fingerprint density at radius 2 is 1.85 bits per heavy atom. The third kappa shape index (κ3) is 6.42. The fourth-order valence-corrected chi connectivity index (χ4v) is 5.32. The van der Waals surface area contributed by atoms with Crippen molar-refractivity contribution in [1.29, 1.82) is 5.26 Å². The summed E-state index contributed by atoms with van der Waals surface area (Å²) in [6, 6.07) is 21.8. The number of methoxy groups -OCH3 is 1. The molecular weight excluding hydrogens is 539 g/mol. The molecule has 3 N–H and O–H groups in total. The van der Waals surface area contributed by atoms with Crippen molar-refractivity contribution in [3.8, 4) is 11.8 Å². The molecule has 3 aromatic rings. The quantitative estimate of drug-likeness (QED) is 0.302. The van der Waals surface area contributed by atoms with E-state index in [1.165, 1.54) is 25.3 Å². The van der Waals surface area contributed by atoms with E-state index in [1.807, 2.05) is 0 Å². The zero-order chi connectivity index (χ0) is 27.9. The maximum atomic E-state index is 13.7. The van der Waals surface area contributed by atoms with Gasteiger partial charge in [-0.25, -0.2) is 4.39 Å². The number of nitrogens with one attached hydrogen (secondary N) is 3. The molecule has 198 valence electrons. The highest BCUT2D eigenvalue weighted by Gasteiger charge is 2.36. The fraction of sp³-hybridized carbons (Fsp3) is 0.138. The van der Waals surface area contributed by atoms with Crippen LogP contribution in [0.25, 0.3) is 0 Å². The SMILES string of the molecule is COc1ccccc1NC(=O)C1=C(C)NC(SCC(=O)Nc2cccc(F)c2)=C(C#N)[C@H]1c1ccccc1Cl. The second-order valence-electron chi connectivity index (χ2n) is 8.47. The molecule has 0 unspecified atom stereocenters. The van der Waals surface area contributed by atoms with Crippen LogP contribution in [0.3, 0.4) is 0 Å². The lowest BCUT2D eigenvalue weighted by atomic mass is 9.82. The van der Waals surface area contributed by atoms with E-state index < -0.39 is 17.6 Å². The number of benzene rings is 3. The molecule has 1 aliphatic rings. The molecule has 2 amide bonds. The number of carbonyl (C=O) groups is 2. The van der Waals surface area contributed by atoms with Gasteiger partial charge >= 0.3 is 0 Å². The average Bonchev–Trinajstić information content (AvgIpc) is 2.92. The van der Waals surface area contributed by atoms with E-state index in [9.17, 15) is 19.2 Å². The number of ether oxygens (including phenoxy) is 1. The Kier molecular flexibility index (Phi) is 8.92. The van der Waals surface area contributed by atoms with E-state index in [4.69, 9.17) is 16.3 Å². The Morgan fingerprint density at radius 3 is 2.56 bits per heavy atom. The van der Waals surface area contributed by atoms with Crippen LogP contribution in [0.5, 0.6) is 5.75 Å². The van der Waals surface area contributed by atoms with Crippen molar-refractivity contribution >= 4 is 46.6 Å². The number of rotatable bonds is 8. The van der Waals surface area contributed by atoms with Crippen molar-refractivity contribution in [3.63, 3.8) is 0 Å². The first kappa shape index (κ1) is 27.8. The first-order valence-electron chi connectivity index (χ1n) is 11.8. The van der Waals surface area contributed by atoms with Gasteiger partial charge in [0, 0.05) is 22.0 Å². The Labute approximate surface area is 234 Å². The van der Waals surface area contributed by atoms with E-state index in [1.54, 1.807) is 61.5 Å². The van der Waals surface area contributed by atoms with E-state index >= 15 is 0 Å². The Bertz CT molecular complexity index is 1530. The smallest absolute Gasteiger partial charge is 0.254 e. The molecule has 0 fully saturated rings. The molecule has 0 saturated heterocycles. The predicted octanol–water partition coefficient (Wildman–Crippen LogP) is 6.19. The first-order chi connectivity index (χ1) is 18.8. The molecule has 10 heteroatoms. The third-order valence-corrected chi connectivity index (χ3v) is 7.28. The van der Waals surface area contributed by atoms with Gasteiger partial charge in [-0.3, -0.25) is 9.59 Å². The summed E-state index contributed by atoms with van der Waals surface area (Å²) in [5.74, 6) is -1.66. The summed E-state index contributed by atoms with van der Waals surface area (Å²) in [6.07, 6.45) is 0. The van der Waals surface area contributed by atoms with Crippen LogP contribution in [0.4, 0.5) is 15.8 Å². The van der Waals surface area contributed by atoms with Gasteiger partial charge in [0.05, 0.1) is 41.1 Å². The number of nitriles is 1. The lowest BCUT2D eigenvalue weighted by Gasteiger charge is -2.30. The predicted molar refractivity (Wildman–Crippen MR) is 152 cm³/mol. The minimum atomic E-state index is -0.798. The van der Waals surface area contributed by atoms with Crippen molar-refractivity contribution in [2.45, 2.75) is 12.8 Å². The number of nitrogens with zero attached hydrogens (tertiary/aromatic N) is 1. The van der Waals surface area contributed by atoms with Gasteiger partial charge in [0.2, 0.25) is 5.91 Å². The van der Waals surface area contributed by atoms with E-state index in [-0.39, 0.29) is 17.2 Å². The van der Waals surface area contributed by atoms with Gasteiger partial charge in [0.1, 0.15) is 11.6 Å². The van der Waals surface area contributed by atoms with Gasteiger partial charge < -0.3 is 20.7 Å². The van der Waals surface area contributed by atoms with Crippen LogP contribution in [0.15, 0.2) is 94.7 Å². The molecule has 3 aromatic carbocycles. The zero-order valence-electron chi connectivity index (χ0n) is 21.0. The zero-order valence-corrected chi connectivity index (χ0v) is 22.6. The molecule has 0 aromatic heterocycles. The molecule has 1 atom stereocenters. The molecule has 7 nitrogen and oxygen atoms in total. The van der Waals surface area contributed by atoms with Crippen molar-refractivity contribution in [3.05, 3.63) is 111 Å². The summed E-state index contributed by atoms with van der Waals surface area (Å²) in [6.45, 7) is 1.72. The topological polar surface area (TPSA) is 103 Å². The van der Waals surface area contributed by atoms with Crippen LogP contribution in [0.2, 0.25) is 5.02 Å². The highest BCUT2D eigenvalue weighted by atomic mass is 35.5. The summed E-state index contributed by atoms with van der Waals surface area (Å²) in [4.78, 5) is 26.3. The molecular formula is C29H24ClFN4O3S. The first-order valence-corrected chi connectivity index (χ1v) is 13.2. The second kappa shape index (κ2) is 12.5. The summed E-state index contributed by atoms with van der Waals surface area (Å²) >= 11 is 7.66. The van der Waals surface area contributed by atoms with Gasteiger partial charge in [-0.05, 0) is 48.9 Å². The van der Waals surface area contributed by atoms with Crippen LogP contribution in [-0.4, -0.2) is 24.7 Å². The summed E-state index contributed by atoms with van der Waals surface area (Å²) in [5.41, 5.74) is 2.41. The highest BCUT2D eigenvalue weighted by Crippen LogP contribution is 2.43. The van der Waals surface area contributed by atoms with Crippen molar-refractivity contribution in [1.82, 2.24) is 5.32 Å². The molecule has 0 spiro atoms. The van der Waals surface area contributed by atoms with Crippen LogP contribution in [-0.2, 0) is 9.59 Å². The van der Waals surface area contributed by atoms with Gasteiger partial charge in [-0.1, -0.05) is 59.8 Å². The number of dihydropyridines is 1. The molecule has 0 bridgehead atoms. The van der Waals surface area contributed by atoms with Gasteiger partial charge in [-0.2, -0.15) is 5.26 Å². The van der Waals surface area contributed by atoms with E-state index in [0.29, 0.717) is 44.0 Å². The van der Waals surface area contributed by atoms with Crippen LogP contribution >= 0.6 is 23.4 Å². The number of hydrogen-bond donors (Lipinski definition) is 3. The van der Waals surface area contributed by atoms with Gasteiger partial charge in [0.15, 0.2) is 0 Å². The highest BCUT2D eigenvalue weighted by molar-refractivity contribution is 8.03. The van der Waals surface area contributed by atoms with Crippen LogP contribution in [0.1, 0.15) is 18.4 Å².